The van der Waals surface area contributed by atoms with E-state index in [1.165, 1.54) is 24.2 Å². The van der Waals surface area contributed by atoms with Gasteiger partial charge in [-0.15, -0.1) is 11.8 Å². The predicted octanol–water partition coefficient (Wildman–Crippen LogP) is 4.63. The van der Waals surface area contributed by atoms with E-state index in [0.717, 1.165) is 15.9 Å². The van der Waals surface area contributed by atoms with Gasteiger partial charge >= 0.3 is 0 Å². The first kappa shape index (κ1) is 12.2. The molecule has 0 saturated heterocycles. The van der Waals surface area contributed by atoms with Gasteiger partial charge in [0.05, 0.1) is 5.69 Å². The lowest BCUT2D eigenvalue weighted by Gasteiger charge is -2.04. The van der Waals surface area contributed by atoms with Crippen LogP contribution in [-0.4, -0.2) is 4.98 Å². The second-order valence-electron chi connectivity index (χ2n) is 4.54. The SMILES string of the molecule is Brc1ccc(CSc2ccc3c(c2)CCC3)nc1. The van der Waals surface area contributed by atoms with E-state index in [9.17, 15) is 0 Å². The topological polar surface area (TPSA) is 12.9 Å². The summed E-state index contributed by atoms with van der Waals surface area (Å²) < 4.78 is 1.04. The summed E-state index contributed by atoms with van der Waals surface area (Å²) in [6, 6.07) is 11.0. The van der Waals surface area contributed by atoms with Gasteiger partial charge in [0.1, 0.15) is 0 Å². The van der Waals surface area contributed by atoms with Crippen molar-refractivity contribution in [3.8, 4) is 0 Å². The summed E-state index contributed by atoms with van der Waals surface area (Å²) in [6.07, 6.45) is 5.69. The minimum Gasteiger partial charge on any atom is -0.259 e. The van der Waals surface area contributed by atoms with Crippen LogP contribution in [0.3, 0.4) is 0 Å². The molecule has 1 aromatic heterocycles. The van der Waals surface area contributed by atoms with Crippen molar-refractivity contribution in [3.05, 3.63) is 57.8 Å². The fourth-order valence-electron chi connectivity index (χ4n) is 2.29. The first-order valence-electron chi connectivity index (χ1n) is 6.16. The van der Waals surface area contributed by atoms with E-state index in [-0.39, 0.29) is 0 Å². The van der Waals surface area contributed by atoms with Crippen LogP contribution in [0.1, 0.15) is 23.2 Å². The van der Waals surface area contributed by atoms with Crippen LogP contribution in [0.5, 0.6) is 0 Å². The molecule has 0 bridgehead atoms. The van der Waals surface area contributed by atoms with E-state index in [2.05, 4.69) is 45.2 Å². The number of pyridine rings is 1. The quantitative estimate of drug-likeness (QED) is 0.765. The number of aryl methyl sites for hydroxylation is 2. The number of nitrogens with zero attached hydrogens (tertiary/aromatic N) is 1. The zero-order valence-corrected chi connectivity index (χ0v) is 12.4. The monoisotopic (exact) mass is 319 g/mol. The van der Waals surface area contributed by atoms with Crippen molar-refractivity contribution >= 4 is 27.7 Å². The normalized spacial score (nSPS) is 13.6. The minimum atomic E-state index is 0.937. The number of hydrogen-bond acceptors (Lipinski definition) is 2. The summed E-state index contributed by atoms with van der Waals surface area (Å²) >= 11 is 5.27. The molecule has 3 rings (SSSR count). The molecule has 1 aromatic carbocycles. The number of halogens is 1. The second kappa shape index (κ2) is 5.45. The molecule has 1 heterocycles. The third kappa shape index (κ3) is 2.78. The van der Waals surface area contributed by atoms with Gasteiger partial charge in [-0.2, -0.15) is 0 Å². The summed E-state index contributed by atoms with van der Waals surface area (Å²) in [7, 11) is 0. The largest absolute Gasteiger partial charge is 0.259 e. The molecule has 1 aliphatic rings. The molecule has 1 aliphatic carbocycles. The Morgan fingerprint density at radius 3 is 2.83 bits per heavy atom. The van der Waals surface area contributed by atoms with E-state index in [1.807, 2.05) is 24.0 Å². The number of aromatic nitrogens is 1. The Balaban J connectivity index is 1.68. The number of hydrogen-bond donors (Lipinski definition) is 0. The molecule has 0 radical (unpaired) electrons. The standard InChI is InChI=1S/C15H14BrNS/c16-13-5-6-14(17-9-13)10-18-15-7-4-11-2-1-3-12(11)8-15/h4-9H,1-3,10H2. The zero-order chi connectivity index (χ0) is 12.4. The Labute approximate surface area is 120 Å². The van der Waals surface area contributed by atoms with Crippen LogP contribution in [0.4, 0.5) is 0 Å². The maximum absolute atomic E-state index is 4.40. The predicted molar refractivity (Wildman–Crippen MR) is 80.0 cm³/mol. The molecule has 2 aromatic rings. The molecular formula is C15H14BrNS. The lowest BCUT2D eigenvalue weighted by molar-refractivity contribution is 0.911. The molecule has 0 unspecified atom stereocenters. The Bertz CT molecular complexity index is 551. The highest BCUT2D eigenvalue weighted by Crippen LogP contribution is 2.29. The molecule has 0 spiro atoms. The van der Waals surface area contributed by atoms with E-state index in [4.69, 9.17) is 0 Å². The summed E-state index contributed by atoms with van der Waals surface area (Å²) in [5, 5.41) is 0. The van der Waals surface area contributed by atoms with Crippen molar-refractivity contribution in [1.82, 2.24) is 4.98 Å². The molecule has 92 valence electrons. The molecule has 0 atom stereocenters. The fraction of sp³-hybridized carbons (Fsp3) is 0.267. The second-order valence-corrected chi connectivity index (χ2v) is 6.50. The van der Waals surface area contributed by atoms with Crippen LogP contribution in [0.15, 0.2) is 45.9 Å². The smallest absolute Gasteiger partial charge is 0.0507 e. The molecule has 0 N–H and O–H groups in total. The number of rotatable bonds is 3. The van der Waals surface area contributed by atoms with Gasteiger partial charge in [0.15, 0.2) is 0 Å². The fourth-order valence-corrected chi connectivity index (χ4v) is 3.40. The van der Waals surface area contributed by atoms with Gasteiger partial charge in [-0.25, -0.2) is 0 Å². The van der Waals surface area contributed by atoms with Gasteiger partial charge < -0.3 is 0 Å². The van der Waals surface area contributed by atoms with Gasteiger partial charge in [-0.3, -0.25) is 4.98 Å². The van der Waals surface area contributed by atoms with Crippen LogP contribution in [0.2, 0.25) is 0 Å². The lowest BCUT2D eigenvalue weighted by atomic mass is 10.1. The molecule has 0 fully saturated rings. The van der Waals surface area contributed by atoms with Gasteiger partial charge in [-0.05, 0) is 70.6 Å². The average molecular weight is 320 g/mol. The summed E-state index contributed by atoms with van der Waals surface area (Å²) in [5.74, 6) is 0.937. The number of fused-ring (bicyclic) bond motifs is 1. The van der Waals surface area contributed by atoms with E-state index < -0.39 is 0 Å². The highest BCUT2D eigenvalue weighted by Gasteiger charge is 2.10. The Kier molecular flexibility index (Phi) is 3.71. The maximum Gasteiger partial charge on any atom is 0.0507 e. The first-order valence-corrected chi connectivity index (χ1v) is 7.94. The van der Waals surface area contributed by atoms with Crippen LogP contribution < -0.4 is 0 Å². The van der Waals surface area contributed by atoms with Crippen molar-refractivity contribution in [3.63, 3.8) is 0 Å². The molecule has 1 nitrogen and oxygen atoms in total. The lowest BCUT2D eigenvalue weighted by Crippen LogP contribution is -1.87. The van der Waals surface area contributed by atoms with Gasteiger partial charge in [0.25, 0.3) is 0 Å². The van der Waals surface area contributed by atoms with E-state index in [0.29, 0.717) is 0 Å². The van der Waals surface area contributed by atoms with Crippen LogP contribution in [-0.2, 0) is 18.6 Å². The molecular weight excluding hydrogens is 306 g/mol. The number of thioether (sulfide) groups is 1. The Morgan fingerprint density at radius 1 is 1.11 bits per heavy atom. The van der Waals surface area contributed by atoms with Crippen LogP contribution >= 0.6 is 27.7 Å². The van der Waals surface area contributed by atoms with Crippen molar-refractivity contribution in [2.45, 2.75) is 29.9 Å². The average Bonchev–Trinajstić information content (AvgIpc) is 2.85. The molecule has 3 heteroatoms. The van der Waals surface area contributed by atoms with Gasteiger partial charge in [-0.1, -0.05) is 6.07 Å². The van der Waals surface area contributed by atoms with Gasteiger partial charge in [0, 0.05) is 21.3 Å². The number of benzene rings is 1. The van der Waals surface area contributed by atoms with E-state index >= 15 is 0 Å². The van der Waals surface area contributed by atoms with Crippen molar-refractivity contribution in [1.29, 1.82) is 0 Å². The molecule has 0 saturated carbocycles. The minimum absolute atomic E-state index is 0.937. The Hall–Kier alpha value is -0.800. The van der Waals surface area contributed by atoms with Crippen LogP contribution in [0, 0.1) is 0 Å². The summed E-state index contributed by atoms with van der Waals surface area (Å²) in [6.45, 7) is 0. The molecule has 0 aliphatic heterocycles. The Morgan fingerprint density at radius 2 is 2.00 bits per heavy atom. The highest BCUT2D eigenvalue weighted by atomic mass is 79.9. The third-order valence-corrected chi connectivity index (χ3v) is 4.74. The summed E-state index contributed by atoms with van der Waals surface area (Å²) in [5.41, 5.74) is 4.22. The summed E-state index contributed by atoms with van der Waals surface area (Å²) in [4.78, 5) is 5.76. The molecule has 18 heavy (non-hydrogen) atoms. The van der Waals surface area contributed by atoms with Crippen molar-refractivity contribution in [2.75, 3.05) is 0 Å². The van der Waals surface area contributed by atoms with E-state index in [1.54, 1.807) is 11.1 Å². The zero-order valence-electron chi connectivity index (χ0n) is 10.0. The highest BCUT2D eigenvalue weighted by molar-refractivity contribution is 9.10. The van der Waals surface area contributed by atoms with Gasteiger partial charge in [0.2, 0.25) is 0 Å². The van der Waals surface area contributed by atoms with Crippen LogP contribution in [0.25, 0.3) is 0 Å². The van der Waals surface area contributed by atoms with Crippen molar-refractivity contribution < 1.29 is 0 Å². The molecule has 0 amide bonds. The maximum atomic E-state index is 4.40. The first-order chi connectivity index (χ1) is 8.81. The third-order valence-electron chi connectivity index (χ3n) is 3.25. The van der Waals surface area contributed by atoms with Crippen molar-refractivity contribution in [2.24, 2.45) is 0 Å².